The quantitative estimate of drug-likeness (QED) is 0.309. The van der Waals surface area contributed by atoms with Crippen LogP contribution in [-0.2, 0) is 23.7 Å². The molecule has 4 heavy (non-hydrogen) atoms. The van der Waals surface area contributed by atoms with Crippen molar-refractivity contribution in [2.24, 2.45) is 0 Å². The Bertz CT molecular complexity index is 19.2. The monoisotopic (exact) mass is 89.9 g/mol. The Morgan fingerprint density at radius 3 is 1.50 bits per heavy atom. The minimum atomic E-state index is 0.750. The topological polar surface area (TPSA) is 40.9 Å². The first-order valence-electron chi connectivity index (χ1n) is 0.428. The van der Waals surface area contributed by atoms with Gasteiger partial charge in [0.25, 0.3) is 0 Å². The van der Waals surface area contributed by atoms with Crippen molar-refractivity contribution >= 4 is 0 Å². The van der Waals surface area contributed by atoms with Gasteiger partial charge in [-0.25, -0.2) is 0 Å². The Morgan fingerprint density at radius 1 is 1.50 bits per heavy atom. The van der Waals surface area contributed by atoms with Crippen molar-refractivity contribution in [3.63, 3.8) is 0 Å². The zero-order valence-corrected chi connectivity index (χ0v) is 3.42. The van der Waals surface area contributed by atoms with E-state index in [0.29, 0.717) is 0 Å². The van der Waals surface area contributed by atoms with Gasteiger partial charge in [0.05, 0.1) is 0 Å². The fourth-order valence-electron chi connectivity index (χ4n) is 0. The summed E-state index contributed by atoms with van der Waals surface area (Å²) in [6, 6.07) is 0. The van der Waals surface area contributed by atoms with Gasteiger partial charge in [0.1, 0.15) is 0 Å². The van der Waals surface area contributed by atoms with Crippen LogP contribution in [0.4, 0.5) is 0 Å². The van der Waals surface area contributed by atoms with Gasteiger partial charge < -0.3 is 11.8 Å². The molecule has 0 unspecified atom stereocenters. The number of rotatable bonds is 0. The van der Waals surface area contributed by atoms with Crippen molar-refractivity contribution in [1.82, 2.24) is 0 Å². The fourth-order valence-corrected chi connectivity index (χ4v) is 0. The molecule has 0 aliphatic carbocycles. The van der Waals surface area contributed by atoms with Crippen LogP contribution in [0.5, 0.6) is 0 Å². The first-order valence-corrected chi connectivity index (χ1v) is 1.07. The normalized spacial score (nSPS) is 2.00. The van der Waals surface area contributed by atoms with Gasteiger partial charge in [-0.3, -0.25) is 0 Å². The second-order valence-electron chi connectivity index (χ2n) is 0. The van der Waals surface area contributed by atoms with Gasteiger partial charge in [0.2, 0.25) is 0 Å². The predicted molar refractivity (Wildman–Crippen MR) is 5.65 cm³/mol. The van der Waals surface area contributed by atoms with E-state index >= 15 is 0 Å². The van der Waals surface area contributed by atoms with Crippen LogP contribution in [0.1, 0.15) is 0 Å². The van der Waals surface area contributed by atoms with Gasteiger partial charge in [-0.1, -0.05) is 0 Å². The van der Waals surface area contributed by atoms with Crippen LogP contribution in [0, 0.1) is 11.8 Å². The van der Waals surface area contributed by atoms with Crippen molar-refractivity contribution in [3.05, 3.63) is 6.57 Å². The third-order valence-corrected chi connectivity index (χ3v) is 0. The Balaban J connectivity index is 0. The minimum absolute atomic E-state index is 0.750. The molecule has 0 radical (unpaired) electrons. The Labute approximate surface area is 36.2 Å². The van der Waals surface area contributed by atoms with E-state index in [-0.39, 0.29) is 0 Å². The average molecular weight is 89.9 g/mol. The zero-order valence-electron chi connectivity index (χ0n) is 1.86. The van der Waals surface area contributed by atoms with Crippen LogP contribution in [0.2, 0.25) is 0 Å². The van der Waals surface area contributed by atoms with Crippen molar-refractivity contribution in [2.45, 2.75) is 0 Å². The molecular weight excluding hydrogens is 89.9 g/mol. The fraction of sp³-hybridized carbons (Fsp3) is 0. The maximum absolute atomic E-state index is 8.25. The van der Waals surface area contributed by atoms with Gasteiger partial charge >= 0.3 is 23.7 Å². The molecule has 0 atom stereocenters. The van der Waals surface area contributed by atoms with Crippen molar-refractivity contribution < 1.29 is 23.7 Å². The predicted octanol–water partition coefficient (Wildman–Crippen LogP) is -0.0249. The van der Waals surface area contributed by atoms with E-state index in [0.717, 1.165) is 20.4 Å². The first-order chi connectivity index (χ1) is 2.00. The first kappa shape index (κ1) is 9.00. The summed E-state index contributed by atoms with van der Waals surface area (Å²) >= 11 is 0.750. The maximum atomic E-state index is 8.25. The summed E-state index contributed by atoms with van der Waals surface area (Å²) < 4.78 is 8.25. The Morgan fingerprint density at radius 2 is 1.50 bits per heavy atom. The summed E-state index contributed by atoms with van der Waals surface area (Å²) in [5.41, 5.74) is 0. The summed E-state index contributed by atoms with van der Waals surface area (Å²) in [4.78, 5) is 0. The van der Waals surface area contributed by atoms with Crippen molar-refractivity contribution in [3.8, 4) is 0 Å². The third kappa shape index (κ3) is 110000. The molecule has 0 heterocycles. The van der Waals surface area contributed by atoms with E-state index in [2.05, 4.69) is 0 Å². The van der Waals surface area contributed by atoms with Gasteiger partial charge in [0, 0.05) is 0 Å². The number of hydrogen-bond donors (Lipinski definition) is 0. The molecule has 0 rings (SSSR count). The Hall–Kier alpha value is 0.00429. The van der Waals surface area contributed by atoms with Gasteiger partial charge in [-0.2, -0.15) is 0 Å². The van der Waals surface area contributed by atoms with E-state index in [9.17, 15) is 0 Å². The summed E-state index contributed by atoms with van der Waals surface area (Å²) in [6.07, 6.45) is 0. The van der Waals surface area contributed by atoms with E-state index in [4.69, 9.17) is 15.2 Å². The van der Waals surface area contributed by atoms with Crippen LogP contribution in [0.25, 0.3) is 0 Å². The van der Waals surface area contributed by atoms with Crippen LogP contribution < -0.4 is 0 Å². The molecule has 0 aromatic carbocycles. The molecule has 0 saturated heterocycles. The van der Waals surface area contributed by atoms with Crippen LogP contribution in [0.3, 0.4) is 0 Å². The molecule has 0 aromatic rings. The SMILES string of the molecule is [C-]#N.[O]=[Ti+]. The summed E-state index contributed by atoms with van der Waals surface area (Å²) in [5.74, 6) is 0. The molecular formula is CNOTi. The molecule has 0 amide bonds. The molecule has 0 aliphatic rings. The number of nitrogens with zero attached hydrogens (tertiary/aromatic N) is 1. The van der Waals surface area contributed by atoms with Crippen LogP contribution in [0.15, 0.2) is 0 Å². The zero-order chi connectivity index (χ0) is 4.00. The van der Waals surface area contributed by atoms with E-state index in [1.807, 2.05) is 0 Å². The number of hydrogen-bond acceptors (Lipinski definition) is 2. The van der Waals surface area contributed by atoms with Crippen molar-refractivity contribution in [2.75, 3.05) is 0 Å². The molecule has 0 spiro atoms. The molecule has 19 valence electrons. The summed E-state index contributed by atoms with van der Waals surface area (Å²) in [5, 5.41) is 6.25. The standard InChI is InChI=1S/CN.O.Ti/c1-2;;/q-1;;+1. The second kappa shape index (κ2) is 657000. The molecule has 0 fully saturated rings. The molecule has 3 heteroatoms. The molecule has 0 aliphatic heterocycles. The van der Waals surface area contributed by atoms with E-state index in [1.165, 1.54) is 0 Å². The van der Waals surface area contributed by atoms with Crippen molar-refractivity contribution in [1.29, 1.82) is 5.26 Å². The Kier molecular flexibility index (Phi) is 1480000. The van der Waals surface area contributed by atoms with Crippen LogP contribution >= 0.6 is 0 Å². The second-order valence-corrected chi connectivity index (χ2v) is 0. The molecule has 2 nitrogen and oxygen atoms in total. The van der Waals surface area contributed by atoms with E-state index < -0.39 is 0 Å². The van der Waals surface area contributed by atoms with Crippen LogP contribution in [-0.4, -0.2) is 0 Å². The summed E-state index contributed by atoms with van der Waals surface area (Å²) in [6.45, 7) is 4.75. The molecule has 0 aromatic heterocycles. The van der Waals surface area contributed by atoms with Gasteiger partial charge in [-0.15, -0.1) is 0 Å². The molecule has 0 saturated carbocycles. The third-order valence-electron chi connectivity index (χ3n) is 0. The summed E-state index contributed by atoms with van der Waals surface area (Å²) in [7, 11) is 0. The average Bonchev–Trinajstić information content (AvgIpc) is 1.50. The van der Waals surface area contributed by atoms with E-state index in [1.54, 1.807) is 0 Å². The van der Waals surface area contributed by atoms with Gasteiger partial charge in [0.15, 0.2) is 0 Å². The van der Waals surface area contributed by atoms with Gasteiger partial charge in [-0.05, 0) is 0 Å². The molecule has 0 bridgehead atoms. The molecule has 0 N–H and O–H groups in total.